The Kier molecular flexibility index (Phi) is 3.77. The molecule has 1 aromatic carbocycles. The van der Waals surface area contributed by atoms with Crippen LogP contribution in [0.4, 0.5) is 4.39 Å². The second kappa shape index (κ2) is 5.16. The van der Waals surface area contributed by atoms with Crippen molar-refractivity contribution in [2.45, 2.75) is 18.2 Å². The zero-order chi connectivity index (χ0) is 13.2. The summed E-state index contributed by atoms with van der Waals surface area (Å²) in [6.07, 6.45) is 0.412. The average molecular weight is 285 g/mol. The van der Waals surface area contributed by atoms with Crippen molar-refractivity contribution in [1.82, 2.24) is 4.98 Å². The second-order valence-electron chi connectivity index (χ2n) is 3.89. The van der Waals surface area contributed by atoms with Crippen LogP contribution in [0.2, 0.25) is 0 Å². The van der Waals surface area contributed by atoms with E-state index in [1.165, 1.54) is 29.5 Å². The molecule has 0 aliphatic heterocycles. The quantitative estimate of drug-likeness (QED) is 0.867. The Morgan fingerprint density at radius 2 is 2.17 bits per heavy atom. The van der Waals surface area contributed by atoms with E-state index in [0.29, 0.717) is 6.42 Å². The third-order valence-electron chi connectivity index (χ3n) is 2.60. The van der Waals surface area contributed by atoms with Gasteiger partial charge < -0.3 is 0 Å². The maximum Gasteiger partial charge on any atom is 0.178 e. The summed E-state index contributed by atoms with van der Waals surface area (Å²) >= 11 is 1.44. The molecule has 1 aromatic heterocycles. The van der Waals surface area contributed by atoms with E-state index < -0.39 is 15.7 Å². The van der Waals surface area contributed by atoms with Gasteiger partial charge in [-0.2, -0.15) is 0 Å². The minimum absolute atomic E-state index is 0.0283. The van der Waals surface area contributed by atoms with Crippen LogP contribution in [0.15, 0.2) is 34.7 Å². The smallest absolute Gasteiger partial charge is 0.178 e. The molecule has 1 heterocycles. The lowest BCUT2D eigenvalue weighted by molar-refractivity contribution is 0.590. The molecule has 6 heteroatoms. The zero-order valence-corrected chi connectivity index (χ0v) is 11.4. The summed E-state index contributed by atoms with van der Waals surface area (Å²) in [5.41, 5.74) is 2.55. The first-order valence-electron chi connectivity index (χ1n) is 5.36. The minimum Gasteiger partial charge on any atom is -0.250 e. The fourth-order valence-electron chi connectivity index (χ4n) is 1.57. The van der Waals surface area contributed by atoms with Crippen molar-refractivity contribution < 1.29 is 12.8 Å². The summed E-state index contributed by atoms with van der Waals surface area (Å²) < 4.78 is 37.0. The Morgan fingerprint density at radius 3 is 2.78 bits per heavy atom. The number of thiazole rings is 1. The highest BCUT2D eigenvalue weighted by atomic mass is 32.2. The molecule has 96 valence electrons. The van der Waals surface area contributed by atoms with E-state index in [-0.39, 0.29) is 10.6 Å². The number of hydrogen-bond donors (Lipinski definition) is 0. The Balaban J connectivity index is 2.16. The molecule has 0 radical (unpaired) electrons. The third-order valence-corrected chi connectivity index (χ3v) is 5.31. The minimum atomic E-state index is -3.44. The van der Waals surface area contributed by atoms with Crippen LogP contribution < -0.4 is 0 Å². The standard InChI is InChI=1S/C12H12FNO2S2/c1-9-12(17-8-14-9)5-6-18(15,16)11-4-2-3-10(13)7-11/h2-4,7-8H,5-6H2,1H3. The van der Waals surface area contributed by atoms with Crippen molar-refractivity contribution in [2.24, 2.45) is 0 Å². The summed E-state index contributed by atoms with van der Waals surface area (Å²) in [4.78, 5) is 5.05. The molecule has 2 aromatic rings. The molecule has 3 nitrogen and oxygen atoms in total. The topological polar surface area (TPSA) is 47.0 Å². The maximum atomic E-state index is 13.0. The molecule has 0 aliphatic carbocycles. The van der Waals surface area contributed by atoms with Crippen molar-refractivity contribution in [3.05, 3.63) is 46.2 Å². The molecule has 0 bridgehead atoms. The number of rotatable bonds is 4. The van der Waals surface area contributed by atoms with E-state index in [9.17, 15) is 12.8 Å². The molecule has 0 saturated heterocycles. The third kappa shape index (κ3) is 2.94. The Labute approximate surface area is 109 Å². The fraction of sp³-hybridized carbons (Fsp3) is 0.250. The van der Waals surface area contributed by atoms with Gasteiger partial charge in [-0.3, -0.25) is 0 Å². The number of hydrogen-bond acceptors (Lipinski definition) is 4. The van der Waals surface area contributed by atoms with Gasteiger partial charge in [0.05, 0.1) is 21.9 Å². The van der Waals surface area contributed by atoms with E-state index >= 15 is 0 Å². The van der Waals surface area contributed by atoms with Gasteiger partial charge in [-0.1, -0.05) is 6.07 Å². The first-order chi connectivity index (χ1) is 8.49. The van der Waals surface area contributed by atoms with Gasteiger partial charge in [-0.15, -0.1) is 11.3 Å². The molecule has 0 amide bonds. The Bertz CT molecular complexity index is 650. The summed E-state index contributed by atoms with van der Waals surface area (Å²) in [6, 6.07) is 5.10. The molecule has 0 unspecified atom stereocenters. The predicted molar refractivity (Wildman–Crippen MR) is 69.0 cm³/mol. The first kappa shape index (κ1) is 13.2. The number of sulfone groups is 1. The average Bonchev–Trinajstić information content (AvgIpc) is 2.72. The van der Waals surface area contributed by atoms with E-state index in [4.69, 9.17) is 0 Å². The van der Waals surface area contributed by atoms with Crippen LogP contribution in [-0.4, -0.2) is 19.2 Å². The van der Waals surface area contributed by atoms with Crippen molar-refractivity contribution in [3.63, 3.8) is 0 Å². The SMILES string of the molecule is Cc1ncsc1CCS(=O)(=O)c1cccc(F)c1. The molecule has 0 aliphatic rings. The second-order valence-corrected chi connectivity index (χ2v) is 6.94. The number of benzene rings is 1. The van der Waals surface area contributed by atoms with Gasteiger partial charge in [0.25, 0.3) is 0 Å². The first-order valence-corrected chi connectivity index (χ1v) is 7.89. The molecular formula is C12H12FNO2S2. The largest absolute Gasteiger partial charge is 0.250 e. The van der Waals surface area contributed by atoms with Gasteiger partial charge in [0, 0.05) is 4.88 Å². The zero-order valence-electron chi connectivity index (χ0n) is 9.76. The van der Waals surface area contributed by atoms with Gasteiger partial charge in [0.15, 0.2) is 9.84 Å². The predicted octanol–water partition coefficient (Wildman–Crippen LogP) is 2.61. The number of nitrogens with zero attached hydrogens (tertiary/aromatic N) is 1. The van der Waals surface area contributed by atoms with Crippen molar-refractivity contribution in [1.29, 1.82) is 0 Å². The van der Waals surface area contributed by atoms with E-state index in [1.807, 2.05) is 6.92 Å². The molecule has 0 saturated carbocycles. The summed E-state index contributed by atoms with van der Waals surface area (Å²) in [7, 11) is -3.44. The number of aromatic nitrogens is 1. The Hall–Kier alpha value is -1.27. The van der Waals surface area contributed by atoms with Gasteiger partial charge >= 0.3 is 0 Å². The number of halogens is 1. The fourth-order valence-corrected chi connectivity index (χ4v) is 3.77. The van der Waals surface area contributed by atoms with Gasteiger partial charge in [0.1, 0.15) is 5.82 Å². The molecule has 2 rings (SSSR count). The molecule has 0 N–H and O–H groups in total. The van der Waals surface area contributed by atoms with Crippen LogP contribution in [0.25, 0.3) is 0 Å². The lowest BCUT2D eigenvalue weighted by atomic mass is 10.3. The van der Waals surface area contributed by atoms with Crippen molar-refractivity contribution in [3.8, 4) is 0 Å². The van der Waals surface area contributed by atoms with Gasteiger partial charge in [-0.05, 0) is 31.5 Å². The van der Waals surface area contributed by atoms with E-state index in [0.717, 1.165) is 16.6 Å². The van der Waals surface area contributed by atoms with Crippen LogP contribution in [-0.2, 0) is 16.3 Å². The molecule has 0 spiro atoms. The summed E-state index contributed by atoms with van der Waals surface area (Å²) in [5.74, 6) is -0.565. The monoisotopic (exact) mass is 285 g/mol. The molecule has 18 heavy (non-hydrogen) atoms. The maximum absolute atomic E-state index is 13.0. The highest BCUT2D eigenvalue weighted by Gasteiger charge is 2.16. The van der Waals surface area contributed by atoms with Crippen LogP contribution in [0.5, 0.6) is 0 Å². The van der Waals surface area contributed by atoms with Crippen LogP contribution >= 0.6 is 11.3 Å². The van der Waals surface area contributed by atoms with Crippen molar-refractivity contribution in [2.75, 3.05) is 5.75 Å². The molecule has 0 fully saturated rings. The van der Waals surface area contributed by atoms with E-state index in [2.05, 4.69) is 4.98 Å². The van der Waals surface area contributed by atoms with E-state index in [1.54, 1.807) is 5.51 Å². The summed E-state index contributed by atoms with van der Waals surface area (Å²) in [5, 5.41) is 0. The molecular weight excluding hydrogens is 273 g/mol. The Morgan fingerprint density at radius 1 is 1.39 bits per heavy atom. The van der Waals surface area contributed by atoms with Gasteiger partial charge in [-0.25, -0.2) is 17.8 Å². The van der Waals surface area contributed by atoms with Gasteiger partial charge in [0.2, 0.25) is 0 Å². The summed E-state index contributed by atoms with van der Waals surface area (Å²) in [6.45, 7) is 1.85. The van der Waals surface area contributed by atoms with Crippen LogP contribution in [0, 0.1) is 12.7 Å². The lowest BCUT2D eigenvalue weighted by Gasteiger charge is -2.04. The van der Waals surface area contributed by atoms with Crippen LogP contribution in [0.1, 0.15) is 10.6 Å². The highest BCUT2D eigenvalue weighted by molar-refractivity contribution is 7.91. The highest BCUT2D eigenvalue weighted by Crippen LogP contribution is 2.17. The lowest BCUT2D eigenvalue weighted by Crippen LogP contribution is -2.09. The number of aryl methyl sites for hydroxylation is 2. The molecule has 0 atom stereocenters. The normalized spacial score (nSPS) is 11.7. The van der Waals surface area contributed by atoms with Crippen LogP contribution in [0.3, 0.4) is 0 Å². The van der Waals surface area contributed by atoms with Crippen molar-refractivity contribution >= 4 is 21.2 Å².